The summed E-state index contributed by atoms with van der Waals surface area (Å²) >= 11 is 1.96. The molecule has 5 nitrogen and oxygen atoms in total. The normalized spacial score (nSPS) is 20.7. The highest BCUT2D eigenvalue weighted by Gasteiger charge is 2.39. The first-order chi connectivity index (χ1) is 10.1. The van der Waals surface area contributed by atoms with E-state index in [1.807, 2.05) is 40.8 Å². The zero-order valence-electron chi connectivity index (χ0n) is 11.0. The molecular weight excluding hydrogens is 383 g/mol. The molecule has 2 aliphatic rings. The summed E-state index contributed by atoms with van der Waals surface area (Å²) in [5.74, 6) is 2.15. The van der Waals surface area contributed by atoms with Gasteiger partial charge in [-0.05, 0) is 34.1 Å². The number of benzene rings is 1. The number of carbonyl (C=O) groups is 3. The van der Waals surface area contributed by atoms with Crippen molar-refractivity contribution in [2.24, 2.45) is 0 Å². The lowest BCUT2D eigenvalue weighted by Gasteiger charge is -2.30. The van der Waals surface area contributed by atoms with Gasteiger partial charge in [0.2, 0.25) is 17.7 Å². The molecule has 0 aliphatic carbocycles. The topological polar surface area (TPSA) is 66.5 Å². The number of nitrogens with one attached hydrogen (secondary N) is 1. The molecule has 1 aromatic carbocycles. The average molecular weight is 394 g/mol. The maximum atomic E-state index is 12.3. The SMILES string of the molecule is O=C1CCC(N2C(=O)Cc3cc(C#CI)ccc32)C(=O)N1. The van der Waals surface area contributed by atoms with Crippen molar-refractivity contribution in [1.82, 2.24) is 5.32 Å². The molecule has 21 heavy (non-hydrogen) atoms. The second-order valence-corrected chi connectivity index (χ2v) is 5.51. The molecule has 1 atom stereocenters. The Morgan fingerprint density at radius 1 is 1.29 bits per heavy atom. The van der Waals surface area contributed by atoms with Crippen molar-refractivity contribution in [3.63, 3.8) is 0 Å². The van der Waals surface area contributed by atoms with Gasteiger partial charge in [-0.25, -0.2) is 0 Å². The summed E-state index contributed by atoms with van der Waals surface area (Å²) in [6, 6.07) is 4.94. The van der Waals surface area contributed by atoms with Gasteiger partial charge in [-0.3, -0.25) is 24.6 Å². The predicted octanol–water partition coefficient (Wildman–Crippen LogP) is 1.12. The van der Waals surface area contributed by atoms with Crippen molar-refractivity contribution in [3.05, 3.63) is 29.3 Å². The first-order valence-corrected chi connectivity index (χ1v) is 7.58. The Hall–Kier alpha value is -1.88. The van der Waals surface area contributed by atoms with Crippen LogP contribution in [-0.2, 0) is 20.8 Å². The van der Waals surface area contributed by atoms with Gasteiger partial charge in [0.1, 0.15) is 6.04 Å². The summed E-state index contributed by atoms with van der Waals surface area (Å²) in [5, 5.41) is 2.29. The molecule has 3 amide bonds. The Labute approximate surface area is 135 Å². The Balaban J connectivity index is 1.95. The van der Waals surface area contributed by atoms with Crippen LogP contribution in [0.4, 0.5) is 5.69 Å². The van der Waals surface area contributed by atoms with Crippen LogP contribution in [0.3, 0.4) is 0 Å². The fourth-order valence-electron chi connectivity index (χ4n) is 2.75. The van der Waals surface area contributed by atoms with Crippen LogP contribution in [0.5, 0.6) is 0 Å². The van der Waals surface area contributed by atoms with Gasteiger partial charge in [-0.2, -0.15) is 0 Å². The number of hydrogen-bond acceptors (Lipinski definition) is 3. The molecule has 106 valence electrons. The standard InChI is InChI=1S/C15H11IN2O3/c16-6-5-9-1-2-11-10(7-9)8-14(20)18(11)12-3-4-13(19)17-15(12)21/h1-2,7,12H,3-4,8H2,(H,17,19,21). The summed E-state index contributed by atoms with van der Waals surface area (Å²) in [5.41, 5.74) is 2.47. The number of nitrogens with zero attached hydrogens (tertiary/aromatic N) is 1. The third-order valence-corrected chi connectivity index (χ3v) is 3.93. The lowest BCUT2D eigenvalue weighted by atomic mass is 10.0. The summed E-state index contributed by atoms with van der Waals surface area (Å²) in [6.45, 7) is 0. The Morgan fingerprint density at radius 3 is 2.81 bits per heavy atom. The van der Waals surface area contributed by atoms with E-state index in [0.29, 0.717) is 6.42 Å². The lowest BCUT2D eigenvalue weighted by molar-refractivity contribution is -0.135. The van der Waals surface area contributed by atoms with Crippen LogP contribution in [-0.4, -0.2) is 23.8 Å². The second-order valence-electron chi connectivity index (χ2n) is 4.97. The van der Waals surface area contributed by atoms with E-state index >= 15 is 0 Å². The van der Waals surface area contributed by atoms with Gasteiger partial charge in [-0.15, -0.1) is 0 Å². The maximum Gasteiger partial charge on any atom is 0.249 e. The first kappa shape index (κ1) is 14.1. The average Bonchev–Trinajstić information content (AvgIpc) is 2.75. The van der Waals surface area contributed by atoms with Gasteiger partial charge in [0.25, 0.3) is 0 Å². The summed E-state index contributed by atoms with van der Waals surface area (Å²) in [4.78, 5) is 37.0. The number of imide groups is 1. The minimum atomic E-state index is -0.599. The van der Waals surface area contributed by atoms with E-state index in [2.05, 4.69) is 15.2 Å². The van der Waals surface area contributed by atoms with E-state index < -0.39 is 11.9 Å². The van der Waals surface area contributed by atoms with Gasteiger partial charge in [0, 0.05) is 40.3 Å². The third-order valence-electron chi connectivity index (χ3n) is 3.66. The molecule has 2 aliphatic heterocycles. The van der Waals surface area contributed by atoms with Crippen LogP contribution >= 0.6 is 22.6 Å². The van der Waals surface area contributed by atoms with Crippen LogP contribution in [0.15, 0.2) is 18.2 Å². The van der Waals surface area contributed by atoms with Crippen molar-refractivity contribution < 1.29 is 14.4 Å². The quantitative estimate of drug-likeness (QED) is 0.441. The molecule has 1 unspecified atom stereocenters. The van der Waals surface area contributed by atoms with E-state index in [9.17, 15) is 14.4 Å². The molecule has 0 bridgehead atoms. The zero-order valence-corrected chi connectivity index (χ0v) is 13.1. The smallest absolute Gasteiger partial charge is 0.249 e. The fraction of sp³-hybridized carbons (Fsp3) is 0.267. The number of piperidine rings is 1. The van der Waals surface area contributed by atoms with E-state index in [-0.39, 0.29) is 24.7 Å². The molecule has 1 aromatic rings. The van der Waals surface area contributed by atoms with Crippen LogP contribution in [0, 0.1) is 9.85 Å². The number of rotatable bonds is 1. The van der Waals surface area contributed by atoms with Crippen molar-refractivity contribution >= 4 is 46.0 Å². The van der Waals surface area contributed by atoms with Gasteiger partial charge < -0.3 is 0 Å². The van der Waals surface area contributed by atoms with Crippen LogP contribution in [0.2, 0.25) is 0 Å². The van der Waals surface area contributed by atoms with Crippen molar-refractivity contribution in [2.45, 2.75) is 25.3 Å². The summed E-state index contributed by atoms with van der Waals surface area (Å²) in [6.07, 6.45) is 0.892. The Morgan fingerprint density at radius 2 is 2.10 bits per heavy atom. The molecule has 3 rings (SSSR count). The predicted molar refractivity (Wildman–Crippen MR) is 84.7 cm³/mol. The highest BCUT2D eigenvalue weighted by molar-refractivity contribution is 14.1. The largest absolute Gasteiger partial charge is 0.299 e. The van der Waals surface area contributed by atoms with Crippen LogP contribution < -0.4 is 10.2 Å². The molecule has 1 fully saturated rings. The molecule has 0 saturated carbocycles. The van der Waals surface area contributed by atoms with Gasteiger partial charge in [0.15, 0.2) is 0 Å². The van der Waals surface area contributed by atoms with Crippen molar-refractivity contribution in [3.8, 4) is 9.85 Å². The molecular formula is C15H11IN2O3. The van der Waals surface area contributed by atoms with E-state index in [4.69, 9.17) is 0 Å². The number of halogens is 1. The molecule has 6 heteroatoms. The van der Waals surface area contributed by atoms with Gasteiger partial charge in [-0.1, -0.05) is 5.92 Å². The summed E-state index contributed by atoms with van der Waals surface area (Å²) < 4.78 is 2.79. The highest BCUT2D eigenvalue weighted by atomic mass is 127. The molecule has 0 aromatic heterocycles. The Bertz CT molecular complexity index is 717. The maximum absolute atomic E-state index is 12.3. The van der Waals surface area contributed by atoms with Gasteiger partial charge >= 0.3 is 0 Å². The minimum absolute atomic E-state index is 0.112. The number of hydrogen-bond donors (Lipinski definition) is 1. The molecule has 2 heterocycles. The number of anilines is 1. The molecule has 1 saturated heterocycles. The Kier molecular flexibility index (Phi) is 3.68. The van der Waals surface area contributed by atoms with E-state index in [1.54, 1.807) is 0 Å². The monoisotopic (exact) mass is 394 g/mol. The first-order valence-electron chi connectivity index (χ1n) is 6.50. The number of amides is 3. The summed E-state index contributed by atoms with van der Waals surface area (Å²) in [7, 11) is 0. The number of carbonyl (C=O) groups excluding carboxylic acids is 3. The highest BCUT2D eigenvalue weighted by Crippen LogP contribution is 2.33. The minimum Gasteiger partial charge on any atom is -0.299 e. The van der Waals surface area contributed by atoms with Crippen molar-refractivity contribution in [1.29, 1.82) is 0 Å². The number of fused-ring (bicyclic) bond motifs is 1. The molecule has 0 spiro atoms. The van der Waals surface area contributed by atoms with Crippen LogP contribution in [0.1, 0.15) is 24.0 Å². The molecule has 1 N–H and O–H groups in total. The van der Waals surface area contributed by atoms with E-state index in [0.717, 1.165) is 16.8 Å². The third kappa shape index (κ3) is 2.53. The van der Waals surface area contributed by atoms with E-state index in [1.165, 1.54) is 4.90 Å². The second kappa shape index (κ2) is 5.48. The fourth-order valence-corrected chi connectivity index (χ4v) is 3.06. The van der Waals surface area contributed by atoms with Crippen molar-refractivity contribution in [2.75, 3.05) is 4.90 Å². The lowest BCUT2D eigenvalue weighted by Crippen LogP contribution is -2.53. The van der Waals surface area contributed by atoms with Crippen LogP contribution in [0.25, 0.3) is 0 Å². The molecule has 0 radical (unpaired) electrons. The zero-order chi connectivity index (χ0) is 15.0. The van der Waals surface area contributed by atoms with Gasteiger partial charge in [0.05, 0.1) is 6.42 Å².